The lowest BCUT2D eigenvalue weighted by atomic mass is 10.1. The number of terminal acetylenes is 2. The van der Waals surface area contributed by atoms with Crippen molar-refractivity contribution >= 4 is 12.4 Å². The molecule has 0 saturated heterocycles. The summed E-state index contributed by atoms with van der Waals surface area (Å²) >= 11 is 0. The fourth-order valence-electron chi connectivity index (χ4n) is 4.46. The molecule has 0 radical (unpaired) electrons. The van der Waals surface area contributed by atoms with E-state index in [4.69, 9.17) is 31.8 Å². The van der Waals surface area contributed by atoms with Gasteiger partial charge < -0.3 is 18.9 Å². The number of nitrogens with zero attached hydrogens (tertiary/aromatic N) is 4. The topological polar surface area (TPSA) is 87.4 Å². The van der Waals surface area contributed by atoms with Gasteiger partial charge in [-0.15, -0.1) is 12.8 Å². The summed E-state index contributed by atoms with van der Waals surface area (Å²) in [6.07, 6.45) is 20.3. The number of benzene rings is 2. The highest BCUT2D eigenvalue weighted by Gasteiger charge is 2.10. The van der Waals surface area contributed by atoms with Gasteiger partial charge >= 0.3 is 0 Å². The lowest BCUT2D eigenvalue weighted by Gasteiger charge is -2.12. The van der Waals surface area contributed by atoms with E-state index in [1.807, 2.05) is 84.9 Å². The Hall–Kier alpha value is -5.28. The normalized spacial score (nSPS) is 12.4. The first kappa shape index (κ1) is 34.6. The standard InChI is InChI=1S/C39H40N4O4/c1-3-22-44-30-38(32-14-8-5-9-15-32)42-26-34-18-20-36(28-40-34)46-24-12-7-13-25-47-37-21-19-35(41-29-37)27-43-39(31-45-23-4-2)33-16-10-6-11-17-33/h1-2,5-6,8-11,14-21,26-29,38-39H,7,12-13,22-25,30-31H2/t38-,39-/m0/s1. The van der Waals surface area contributed by atoms with Crippen LogP contribution in [0.1, 0.15) is 53.9 Å². The van der Waals surface area contributed by atoms with Crippen molar-refractivity contribution in [2.45, 2.75) is 31.3 Å². The number of aliphatic imine (C=N–C) groups is 2. The molecule has 8 nitrogen and oxygen atoms in total. The van der Waals surface area contributed by atoms with Gasteiger partial charge in [-0.2, -0.15) is 0 Å². The van der Waals surface area contributed by atoms with E-state index in [9.17, 15) is 0 Å². The summed E-state index contributed by atoms with van der Waals surface area (Å²) in [5.74, 6) is 6.43. The van der Waals surface area contributed by atoms with E-state index in [0.29, 0.717) is 26.4 Å². The van der Waals surface area contributed by atoms with Gasteiger partial charge in [0.15, 0.2) is 0 Å². The molecule has 0 aliphatic heterocycles. The van der Waals surface area contributed by atoms with Crippen molar-refractivity contribution in [3.05, 3.63) is 120 Å². The second kappa shape index (κ2) is 20.7. The third kappa shape index (κ3) is 12.9. The van der Waals surface area contributed by atoms with Crippen LogP contribution in [0.25, 0.3) is 0 Å². The van der Waals surface area contributed by atoms with Crippen LogP contribution < -0.4 is 9.47 Å². The van der Waals surface area contributed by atoms with Gasteiger partial charge in [-0.3, -0.25) is 20.0 Å². The molecule has 0 aliphatic rings. The Morgan fingerprint density at radius 3 is 1.43 bits per heavy atom. The highest BCUT2D eigenvalue weighted by atomic mass is 16.5. The number of unbranched alkanes of at least 4 members (excludes halogenated alkanes) is 2. The molecular formula is C39H40N4O4. The third-order valence-corrected chi connectivity index (χ3v) is 6.91. The Labute approximate surface area is 277 Å². The molecule has 47 heavy (non-hydrogen) atoms. The molecule has 0 spiro atoms. The maximum atomic E-state index is 5.87. The number of hydrogen-bond acceptors (Lipinski definition) is 8. The van der Waals surface area contributed by atoms with E-state index in [1.54, 1.807) is 24.8 Å². The number of ether oxygens (including phenoxy) is 4. The second-order valence-corrected chi connectivity index (χ2v) is 10.4. The van der Waals surface area contributed by atoms with E-state index in [2.05, 4.69) is 31.8 Å². The lowest BCUT2D eigenvalue weighted by molar-refractivity contribution is 0.152. The van der Waals surface area contributed by atoms with E-state index < -0.39 is 0 Å². The Kier molecular flexibility index (Phi) is 15.2. The van der Waals surface area contributed by atoms with Crippen molar-refractivity contribution in [3.63, 3.8) is 0 Å². The molecule has 2 aromatic carbocycles. The molecule has 0 unspecified atom stereocenters. The summed E-state index contributed by atoms with van der Waals surface area (Å²) in [5.41, 5.74) is 3.59. The number of pyridine rings is 2. The molecule has 0 fully saturated rings. The maximum Gasteiger partial charge on any atom is 0.137 e. The summed E-state index contributed by atoms with van der Waals surface area (Å²) in [4.78, 5) is 18.3. The molecule has 2 heterocycles. The van der Waals surface area contributed by atoms with E-state index >= 15 is 0 Å². The van der Waals surface area contributed by atoms with Crippen molar-refractivity contribution < 1.29 is 18.9 Å². The molecule has 0 aliphatic carbocycles. The molecule has 0 saturated carbocycles. The lowest BCUT2D eigenvalue weighted by Crippen LogP contribution is -2.07. The zero-order chi connectivity index (χ0) is 32.8. The van der Waals surface area contributed by atoms with Gasteiger partial charge in [0.1, 0.15) is 24.7 Å². The molecule has 4 rings (SSSR count). The van der Waals surface area contributed by atoms with E-state index in [1.165, 1.54) is 0 Å². The molecule has 0 amide bonds. The molecule has 8 heteroatoms. The first-order chi connectivity index (χ1) is 23.2. The van der Waals surface area contributed by atoms with Gasteiger partial charge in [-0.1, -0.05) is 72.5 Å². The Morgan fingerprint density at radius 2 is 1.04 bits per heavy atom. The van der Waals surface area contributed by atoms with Crippen LogP contribution in [0.2, 0.25) is 0 Å². The number of aromatic nitrogens is 2. The first-order valence-electron chi connectivity index (χ1n) is 15.6. The minimum absolute atomic E-state index is 0.162. The molecule has 0 N–H and O–H groups in total. The van der Waals surface area contributed by atoms with Crippen molar-refractivity contribution in [1.29, 1.82) is 0 Å². The smallest absolute Gasteiger partial charge is 0.137 e. The summed E-state index contributed by atoms with van der Waals surface area (Å²) in [7, 11) is 0. The second-order valence-electron chi connectivity index (χ2n) is 10.4. The fraction of sp³-hybridized carbons (Fsp3) is 0.282. The molecule has 2 atom stereocenters. The Balaban J connectivity index is 1.13. The fourth-order valence-corrected chi connectivity index (χ4v) is 4.46. The van der Waals surface area contributed by atoms with Crippen LogP contribution in [-0.2, 0) is 9.47 Å². The Morgan fingerprint density at radius 1 is 0.596 bits per heavy atom. The molecule has 2 aromatic heterocycles. The summed E-state index contributed by atoms with van der Waals surface area (Å²) in [6.45, 7) is 2.51. The van der Waals surface area contributed by atoms with Crippen LogP contribution in [0.15, 0.2) is 107 Å². The van der Waals surface area contributed by atoms with Crippen LogP contribution >= 0.6 is 0 Å². The van der Waals surface area contributed by atoms with Gasteiger partial charge in [-0.05, 0) is 54.7 Å². The first-order valence-corrected chi connectivity index (χ1v) is 15.6. The summed E-state index contributed by atoms with van der Waals surface area (Å²) in [6, 6.07) is 27.2. The monoisotopic (exact) mass is 628 g/mol. The third-order valence-electron chi connectivity index (χ3n) is 6.91. The van der Waals surface area contributed by atoms with Crippen LogP contribution in [0.4, 0.5) is 0 Å². The molecule has 4 aromatic rings. The van der Waals surface area contributed by atoms with Gasteiger partial charge in [-0.25, -0.2) is 0 Å². The average molecular weight is 629 g/mol. The van der Waals surface area contributed by atoms with Crippen LogP contribution in [0.5, 0.6) is 11.5 Å². The summed E-state index contributed by atoms with van der Waals surface area (Å²) in [5, 5.41) is 0. The van der Waals surface area contributed by atoms with Crippen LogP contribution in [0.3, 0.4) is 0 Å². The van der Waals surface area contributed by atoms with Crippen LogP contribution in [-0.4, -0.2) is 62.0 Å². The van der Waals surface area contributed by atoms with Crippen molar-refractivity contribution in [2.24, 2.45) is 9.98 Å². The highest BCUT2D eigenvalue weighted by molar-refractivity contribution is 5.77. The predicted molar refractivity (Wildman–Crippen MR) is 186 cm³/mol. The van der Waals surface area contributed by atoms with E-state index in [0.717, 1.165) is 53.3 Å². The minimum Gasteiger partial charge on any atom is -0.492 e. The molecular weight excluding hydrogens is 588 g/mol. The van der Waals surface area contributed by atoms with Gasteiger partial charge in [0.05, 0.1) is 62.3 Å². The zero-order valence-electron chi connectivity index (χ0n) is 26.5. The largest absolute Gasteiger partial charge is 0.492 e. The van der Waals surface area contributed by atoms with Crippen molar-refractivity contribution in [1.82, 2.24) is 9.97 Å². The SMILES string of the molecule is C#CCOC[C@H](N=Cc1ccc(OCCCCCOc2ccc(C=N[C@@H](COCC#C)c3ccccc3)nc2)cn1)c1ccccc1. The molecule has 240 valence electrons. The van der Waals surface area contributed by atoms with Crippen LogP contribution in [0, 0.1) is 24.7 Å². The predicted octanol–water partition coefficient (Wildman–Crippen LogP) is 6.72. The van der Waals surface area contributed by atoms with Gasteiger partial charge in [0, 0.05) is 12.4 Å². The minimum atomic E-state index is -0.162. The van der Waals surface area contributed by atoms with E-state index in [-0.39, 0.29) is 25.3 Å². The highest BCUT2D eigenvalue weighted by Crippen LogP contribution is 2.19. The number of hydrogen-bond donors (Lipinski definition) is 0. The quantitative estimate of drug-likeness (QED) is 0.0613. The van der Waals surface area contributed by atoms with Gasteiger partial charge in [0.2, 0.25) is 0 Å². The zero-order valence-corrected chi connectivity index (χ0v) is 26.5. The van der Waals surface area contributed by atoms with Crippen molar-refractivity contribution in [3.8, 4) is 36.2 Å². The number of rotatable bonds is 20. The van der Waals surface area contributed by atoms with Gasteiger partial charge in [0.25, 0.3) is 0 Å². The maximum absolute atomic E-state index is 5.87. The Bertz CT molecular complexity index is 1460. The summed E-state index contributed by atoms with van der Waals surface area (Å²) < 4.78 is 22.8. The average Bonchev–Trinajstić information content (AvgIpc) is 3.12. The molecule has 0 bridgehead atoms. The van der Waals surface area contributed by atoms with Crippen molar-refractivity contribution in [2.75, 3.05) is 39.6 Å².